The van der Waals surface area contributed by atoms with E-state index in [9.17, 15) is 4.79 Å². The predicted molar refractivity (Wildman–Crippen MR) is 150 cm³/mol. The van der Waals surface area contributed by atoms with Crippen LogP contribution in [-0.4, -0.2) is 17.6 Å². The van der Waals surface area contributed by atoms with Gasteiger partial charge in [0.1, 0.15) is 11.6 Å². The molecule has 4 aromatic carbocycles. The first-order valence-electron chi connectivity index (χ1n) is 12.8. The molecule has 1 amide bonds. The van der Waals surface area contributed by atoms with E-state index in [0.29, 0.717) is 18.7 Å². The number of nitrogens with zero attached hydrogens (tertiary/aromatic N) is 1. The molecule has 5 heteroatoms. The van der Waals surface area contributed by atoms with Gasteiger partial charge in [-0.25, -0.2) is 4.39 Å². The number of rotatable bonds is 9. The molecule has 1 atom stereocenters. The minimum absolute atomic E-state index is 0.119. The molecule has 0 aliphatic carbocycles. The maximum atomic E-state index is 15.3. The Morgan fingerprint density at radius 1 is 0.895 bits per heavy atom. The lowest BCUT2D eigenvalue weighted by Gasteiger charge is -2.19. The van der Waals surface area contributed by atoms with E-state index in [0.717, 1.165) is 38.9 Å². The van der Waals surface area contributed by atoms with Gasteiger partial charge < -0.3 is 14.6 Å². The maximum Gasteiger partial charge on any atom is 0.221 e. The Kier molecular flexibility index (Phi) is 7.55. The van der Waals surface area contributed by atoms with Crippen LogP contribution in [0.15, 0.2) is 103 Å². The molecule has 0 radical (unpaired) electrons. The van der Waals surface area contributed by atoms with Crippen molar-refractivity contribution in [3.8, 4) is 5.75 Å². The number of benzene rings is 4. The van der Waals surface area contributed by atoms with Crippen LogP contribution < -0.4 is 10.1 Å². The second-order valence-electron chi connectivity index (χ2n) is 9.62. The molecule has 0 aliphatic heterocycles. The molecule has 0 aliphatic rings. The Balaban J connectivity index is 1.52. The van der Waals surface area contributed by atoms with E-state index >= 15 is 4.39 Å². The first-order chi connectivity index (χ1) is 18.5. The van der Waals surface area contributed by atoms with Crippen LogP contribution in [0.5, 0.6) is 5.75 Å². The lowest BCUT2D eigenvalue weighted by molar-refractivity contribution is -0.121. The monoisotopic (exact) mass is 506 g/mol. The van der Waals surface area contributed by atoms with E-state index in [4.69, 9.17) is 4.74 Å². The van der Waals surface area contributed by atoms with Crippen LogP contribution in [0.2, 0.25) is 0 Å². The Morgan fingerprint density at radius 3 is 2.39 bits per heavy atom. The normalized spacial score (nSPS) is 11.9. The number of halogens is 1. The highest BCUT2D eigenvalue weighted by Crippen LogP contribution is 2.36. The van der Waals surface area contributed by atoms with Gasteiger partial charge in [-0.2, -0.15) is 0 Å². The zero-order valence-electron chi connectivity index (χ0n) is 21.7. The van der Waals surface area contributed by atoms with Gasteiger partial charge in [0.25, 0.3) is 0 Å². The fraction of sp³-hybridized carbons (Fsp3) is 0.182. The molecule has 1 N–H and O–H groups in total. The fourth-order valence-corrected chi connectivity index (χ4v) is 4.98. The molecule has 38 heavy (non-hydrogen) atoms. The molecular weight excluding hydrogens is 475 g/mol. The van der Waals surface area contributed by atoms with Gasteiger partial charge in [-0.1, -0.05) is 78.4 Å². The molecule has 4 nitrogen and oxygen atoms in total. The number of amides is 1. The largest absolute Gasteiger partial charge is 0.497 e. The highest BCUT2D eigenvalue weighted by atomic mass is 19.1. The van der Waals surface area contributed by atoms with E-state index in [2.05, 4.69) is 28.2 Å². The van der Waals surface area contributed by atoms with E-state index in [-0.39, 0.29) is 18.1 Å². The van der Waals surface area contributed by atoms with Crippen molar-refractivity contribution in [3.05, 3.63) is 137 Å². The number of hydrogen-bond acceptors (Lipinski definition) is 2. The summed E-state index contributed by atoms with van der Waals surface area (Å²) in [6.07, 6.45) is 2.22. The number of fused-ring (bicyclic) bond motifs is 1. The number of para-hydroxylation sites is 1. The predicted octanol–water partition coefficient (Wildman–Crippen LogP) is 6.98. The minimum Gasteiger partial charge on any atom is -0.497 e. The van der Waals surface area contributed by atoms with Crippen LogP contribution in [0.3, 0.4) is 0 Å². The zero-order valence-corrected chi connectivity index (χ0v) is 21.7. The van der Waals surface area contributed by atoms with Gasteiger partial charge in [-0.3, -0.25) is 4.79 Å². The summed E-state index contributed by atoms with van der Waals surface area (Å²) in [5.74, 6) is -0.0498. The summed E-state index contributed by atoms with van der Waals surface area (Å²) in [4.78, 5) is 13.2. The van der Waals surface area contributed by atoms with Crippen LogP contribution in [0, 0.1) is 12.7 Å². The summed E-state index contributed by atoms with van der Waals surface area (Å²) in [5, 5.41) is 4.04. The Hall–Kier alpha value is -4.38. The number of methoxy groups -OCH3 is 1. The standard InChI is InChI=1S/C33H31FN2O2/c1-23-12-17-31(34)29(18-23)28(19-33(37)35-20-24-8-4-3-5-9-24)30-22-36(32-11-7-6-10-27(30)32)21-25-13-15-26(38-2)16-14-25/h3-18,22,28H,19-21H2,1-2H3,(H,35,37)/t28-/m0/s1. The number of hydrogen-bond donors (Lipinski definition) is 1. The molecule has 0 bridgehead atoms. The van der Waals surface area contributed by atoms with Gasteiger partial charge in [0, 0.05) is 42.5 Å². The Morgan fingerprint density at radius 2 is 1.63 bits per heavy atom. The Labute approximate surface area is 222 Å². The number of carbonyl (C=O) groups is 1. The Bertz CT molecular complexity index is 1540. The zero-order chi connectivity index (χ0) is 26.5. The fourth-order valence-electron chi connectivity index (χ4n) is 4.98. The lowest BCUT2D eigenvalue weighted by atomic mass is 9.87. The maximum absolute atomic E-state index is 15.3. The first kappa shape index (κ1) is 25.3. The van der Waals surface area contributed by atoms with Crippen molar-refractivity contribution in [3.63, 3.8) is 0 Å². The first-order valence-corrected chi connectivity index (χ1v) is 12.8. The minimum atomic E-state index is -0.437. The molecule has 192 valence electrons. The number of nitrogens with one attached hydrogen (secondary N) is 1. The summed E-state index contributed by atoms with van der Waals surface area (Å²) < 4.78 is 22.8. The second kappa shape index (κ2) is 11.3. The number of carbonyl (C=O) groups excluding carboxylic acids is 1. The SMILES string of the molecule is COc1ccc(Cn2cc([C@@H](CC(=O)NCc3ccccc3)c3cc(C)ccc3F)c3ccccc32)cc1. The smallest absolute Gasteiger partial charge is 0.221 e. The molecule has 0 unspecified atom stereocenters. The third-order valence-corrected chi connectivity index (χ3v) is 6.96. The number of aryl methyl sites for hydroxylation is 1. The van der Waals surface area contributed by atoms with Gasteiger partial charge in [0.2, 0.25) is 5.91 Å². The molecule has 5 aromatic rings. The molecule has 0 fully saturated rings. The van der Waals surface area contributed by atoms with Crippen LogP contribution >= 0.6 is 0 Å². The van der Waals surface area contributed by atoms with Gasteiger partial charge in [-0.05, 0) is 53.4 Å². The summed E-state index contributed by atoms with van der Waals surface area (Å²) in [6, 6.07) is 31.0. The average Bonchev–Trinajstić information content (AvgIpc) is 3.31. The number of ether oxygens (including phenoxy) is 1. The van der Waals surface area contributed by atoms with Crippen LogP contribution in [0.4, 0.5) is 4.39 Å². The molecule has 1 heterocycles. The second-order valence-corrected chi connectivity index (χ2v) is 9.62. The van der Waals surface area contributed by atoms with Crippen molar-refractivity contribution in [2.24, 2.45) is 0 Å². The third-order valence-electron chi connectivity index (χ3n) is 6.96. The van der Waals surface area contributed by atoms with E-state index in [1.54, 1.807) is 13.2 Å². The molecular formula is C33H31FN2O2. The van der Waals surface area contributed by atoms with Gasteiger partial charge in [0.05, 0.1) is 7.11 Å². The molecule has 1 aromatic heterocycles. The van der Waals surface area contributed by atoms with Crippen LogP contribution in [0.1, 0.15) is 40.2 Å². The molecule has 0 saturated carbocycles. The quantitative estimate of drug-likeness (QED) is 0.234. The van der Waals surface area contributed by atoms with Crippen molar-refractivity contribution in [2.75, 3.05) is 7.11 Å². The summed E-state index contributed by atoms with van der Waals surface area (Å²) in [6.45, 7) is 3.03. The van der Waals surface area contributed by atoms with E-state index in [1.807, 2.05) is 79.7 Å². The summed E-state index contributed by atoms with van der Waals surface area (Å²) >= 11 is 0. The van der Waals surface area contributed by atoms with Gasteiger partial charge >= 0.3 is 0 Å². The molecule has 0 saturated heterocycles. The highest BCUT2D eigenvalue weighted by Gasteiger charge is 2.25. The van der Waals surface area contributed by atoms with Gasteiger partial charge in [-0.15, -0.1) is 0 Å². The van der Waals surface area contributed by atoms with Crippen molar-refractivity contribution < 1.29 is 13.9 Å². The van der Waals surface area contributed by atoms with Crippen LogP contribution in [-0.2, 0) is 17.9 Å². The molecule has 0 spiro atoms. The lowest BCUT2D eigenvalue weighted by Crippen LogP contribution is -2.25. The van der Waals surface area contributed by atoms with Crippen molar-refractivity contribution in [2.45, 2.75) is 32.4 Å². The van der Waals surface area contributed by atoms with Crippen molar-refractivity contribution in [1.82, 2.24) is 9.88 Å². The van der Waals surface area contributed by atoms with Crippen molar-refractivity contribution in [1.29, 1.82) is 0 Å². The van der Waals surface area contributed by atoms with E-state index in [1.165, 1.54) is 6.07 Å². The highest BCUT2D eigenvalue weighted by molar-refractivity contribution is 5.87. The van der Waals surface area contributed by atoms with Crippen molar-refractivity contribution >= 4 is 16.8 Å². The third kappa shape index (κ3) is 5.62. The van der Waals surface area contributed by atoms with Gasteiger partial charge in [0.15, 0.2) is 0 Å². The topological polar surface area (TPSA) is 43.3 Å². The molecule has 5 rings (SSSR count). The summed E-state index contributed by atoms with van der Waals surface area (Å²) in [7, 11) is 1.65. The average molecular weight is 507 g/mol. The van der Waals surface area contributed by atoms with E-state index < -0.39 is 5.92 Å². The number of aromatic nitrogens is 1. The van der Waals surface area contributed by atoms with Crippen LogP contribution in [0.25, 0.3) is 10.9 Å². The summed E-state index contributed by atoms with van der Waals surface area (Å²) in [5.41, 5.74) is 5.62.